The first-order valence-corrected chi connectivity index (χ1v) is 14.2. The molecule has 0 radical (unpaired) electrons. The number of carbonyl (C=O) groups is 2. The molecule has 218 valence electrons. The van der Waals surface area contributed by atoms with E-state index in [-0.39, 0.29) is 45.5 Å². The highest BCUT2D eigenvalue weighted by Crippen LogP contribution is 2.42. The first-order valence-electron chi connectivity index (χ1n) is 13.4. The lowest BCUT2D eigenvalue weighted by molar-refractivity contribution is -0.142. The van der Waals surface area contributed by atoms with Crippen LogP contribution < -0.4 is 10.6 Å². The fourth-order valence-corrected chi connectivity index (χ4v) is 6.96. The number of aliphatic hydroxyl groups excluding tert-OH is 1. The van der Waals surface area contributed by atoms with Crippen molar-refractivity contribution < 1.29 is 36.6 Å². The Hall–Kier alpha value is -2.87. The summed E-state index contributed by atoms with van der Waals surface area (Å²) in [7, 11) is 0. The van der Waals surface area contributed by atoms with Crippen LogP contribution in [0.4, 0.5) is 27.8 Å². The van der Waals surface area contributed by atoms with Gasteiger partial charge >= 0.3 is 6.18 Å². The van der Waals surface area contributed by atoms with Gasteiger partial charge in [-0.15, -0.1) is 11.3 Å². The summed E-state index contributed by atoms with van der Waals surface area (Å²) in [6.07, 6.45) is -2.65. The lowest BCUT2D eigenvalue weighted by Crippen LogP contribution is -2.40. The molecule has 2 amide bonds. The SMILES string of the molecule is CC[C@H](Nc1cc(C(F)F)c(-c2sc(C(=O)N[C@@H]3CCC[C@H]3O)nc2C(=O)N2[C@H]3CC[C@H]2CC3)cn1)C(F)(F)F. The van der Waals surface area contributed by atoms with Crippen LogP contribution in [0.5, 0.6) is 0 Å². The average Bonchev–Trinajstić information content (AvgIpc) is 3.70. The van der Waals surface area contributed by atoms with E-state index in [0.717, 1.165) is 55.7 Å². The highest BCUT2D eigenvalue weighted by molar-refractivity contribution is 7.17. The molecule has 1 aliphatic carbocycles. The van der Waals surface area contributed by atoms with Gasteiger partial charge in [0.1, 0.15) is 17.6 Å². The number of alkyl halides is 5. The molecular weight excluding hydrogens is 557 g/mol. The van der Waals surface area contributed by atoms with Crippen LogP contribution in [0.25, 0.3) is 10.4 Å². The van der Waals surface area contributed by atoms with Crippen LogP contribution in [0.1, 0.15) is 90.6 Å². The molecule has 2 aromatic heterocycles. The number of nitrogens with one attached hydrogen (secondary N) is 2. The molecule has 8 nitrogen and oxygen atoms in total. The molecular formula is C26H30F5N5O3S. The Balaban J connectivity index is 1.53. The average molecular weight is 588 g/mol. The number of thiazole rings is 1. The van der Waals surface area contributed by atoms with E-state index in [0.29, 0.717) is 12.8 Å². The number of anilines is 1. The summed E-state index contributed by atoms with van der Waals surface area (Å²) in [6.45, 7) is 1.31. The van der Waals surface area contributed by atoms with E-state index in [1.807, 2.05) is 0 Å². The Bertz CT molecular complexity index is 1250. The summed E-state index contributed by atoms with van der Waals surface area (Å²) in [4.78, 5) is 36.8. The molecule has 2 saturated heterocycles. The third kappa shape index (κ3) is 5.52. The fraction of sp³-hybridized carbons (Fsp3) is 0.615. The Labute approximate surface area is 231 Å². The molecule has 3 atom stereocenters. The molecule has 4 heterocycles. The van der Waals surface area contributed by atoms with E-state index >= 15 is 0 Å². The zero-order valence-corrected chi connectivity index (χ0v) is 22.5. The minimum atomic E-state index is -4.61. The highest BCUT2D eigenvalue weighted by Gasteiger charge is 2.44. The first-order chi connectivity index (χ1) is 19.0. The summed E-state index contributed by atoms with van der Waals surface area (Å²) >= 11 is 0.749. The Morgan fingerprint density at radius 1 is 1.15 bits per heavy atom. The van der Waals surface area contributed by atoms with E-state index in [4.69, 9.17) is 0 Å². The van der Waals surface area contributed by atoms with Crippen LogP contribution in [0.3, 0.4) is 0 Å². The van der Waals surface area contributed by atoms with E-state index < -0.39 is 48.2 Å². The largest absolute Gasteiger partial charge is 0.408 e. The van der Waals surface area contributed by atoms with Crippen LogP contribution in [0.15, 0.2) is 12.3 Å². The number of carbonyl (C=O) groups excluding carboxylic acids is 2. The van der Waals surface area contributed by atoms with E-state index in [2.05, 4.69) is 20.6 Å². The summed E-state index contributed by atoms with van der Waals surface area (Å²) in [5, 5.41) is 14.9. The molecule has 3 N–H and O–H groups in total. The van der Waals surface area contributed by atoms with Crippen molar-refractivity contribution in [3.8, 4) is 10.4 Å². The van der Waals surface area contributed by atoms with Crippen molar-refractivity contribution in [1.29, 1.82) is 0 Å². The fourth-order valence-electron chi connectivity index (χ4n) is 5.96. The molecule has 3 fully saturated rings. The second kappa shape index (κ2) is 11.2. The maximum absolute atomic E-state index is 14.3. The molecule has 2 aromatic rings. The molecule has 0 unspecified atom stereocenters. The molecule has 2 aliphatic heterocycles. The predicted molar refractivity (Wildman–Crippen MR) is 137 cm³/mol. The number of rotatable bonds is 8. The van der Waals surface area contributed by atoms with Gasteiger partial charge in [-0.25, -0.2) is 18.7 Å². The number of nitrogens with zero attached hydrogens (tertiary/aromatic N) is 3. The molecule has 0 spiro atoms. The van der Waals surface area contributed by atoms with Crippen molar-refractivity contribution in [2.45, 2.75) is 101 Å². The van der Waals surface area contributed by atoms with Crippen LogP contribution in [-0.2, 0) is 0 Å². The predicted octanol–water partition coefficient (Wildman–Crippen LogP) is 5.31. The van der Waals surface area contributed by atoms with Gasteiger partial charge in [-0.1, -0.05) is 6.92 Å². The van der Waals surface area contributed by atoms with Gasteiger partial charge in [0.05, 0.1) is 17.0 Å². The molecule has 0 aromatic carbocycles. The minimum absolute atomic E-state index is 0.00517. The molecule has 40 heavy (non-hydrogen) atoms. The van der Waals surface area contributed by atoms with Crippen LogP contribution >= 0.6 is 11.3 Å². The van der Waals surface area contributed by atoms with Crippen LogP contribution in [0, 0.1) is 0 Å². The monoisotopic (exact) mass is 587 g/mol. The lowest BCUT2D eigenvalue weighted by Gasteiger charge is -2.22. The summed E-state index contributed by atoms with van der Waals surface area (Å²) < 4.78 is 68.4. The molecule has 2 bridgehead atoms. The molecule has 3 aliphatic rings. The second-order valence-corrected chi connectivity index (χ2v) is 11.6. The van der Waals surface area contributed by atoms with E-state index in [1.54, 1.807) is 4.90 Å². The number of hydrogen-bond donors (Lipinski definition) is 3. The van der Waals surface area contributed by atoms with Gasteiger partial charge in [0.2, 0.25) is 0 Å². The van der Waals surface area contributed by atoms with Gasteiger partial charge in [-0.2, -0.15) is 13.2 Å². The Morgan fingerprint density at radius 2 is 1.82 bits per heavy atom. The maximum Gasteiger partial charge on any atom is 0.408 e. The smallest absolute Gasteiger partial charge is 0.391 e. The molecule has 1 saturated carbocycles. The third-order valence-electron chi connectivity index (χ3n) is 8.05. The van der Waals surface area contributed by atoms with Crippen molar-refractivity contribution in [1.82, 2.24) is 20.2 Å². The van der Waals surface area contributed by atoms with Gasteiger partial charge in [0.15, 0.2) is 5.01 Å². The zero-order valence-electron chi connectivity index (χ0n) is 21.7. The van der Waals surface area contributed by atoms with Crippen molar-refractivity contribution in [2.24, 2.45) is 0 Å². The van der Waals surface area contributed by atoms with Crippen LogP contribution in [0.2, 0.25) is 0 Å². The first kappa shape index (κ1) is 28.7. The Morgan fingerprint density at radius 3 is 2.38 bits per heavy atom. The van der Waals surface area contributed by atoms with Crippen molar-refractivity contribution in [2.75, 3.05) is 5.32 Å². The molecule has 5 rings (SSSR count). The number of hydrogen-bond acceptors (Lipinski definition) is 7. The topological polar surface area (TPSA) is 107 Å². The van der Waals surface area contributed by atoms with Crippen molar-refractivity contribution in [3.05, 3.63) is 28.5 Å². The standard InChI is InChI=1S/C26H30F5N5O3S/c1-2-18(26(29,30)31)34-19-10-14(22(27)28)15(11-32-19)21-20(25(39)36-12-6-7-13(36)9-8-12)35-24(40-21)23(38)33-16-4-3-5-17(16)37/h10-13,16-18,22,37H,2-9H2,1H3,(H,32,34)(H,33,38)/t12-,13-,16-,17-,18+/m1/s1. The maximum atomic E-state index is 14.3. The summed E-state index contributed by atoms with van der Waals surface area (Å²) in [6, 6.07) is -1.62. The minimum Gasteiger partial charge on any atom is -0.391 e. The number of amides is 2. The third-order valence-corrected chi connectivity index (χ3v) is 9.14. The Kier molecular flexibility index (Phi) is 8.01. The second-order valence-electron chi connectivity index (χ2n) is 10.6. The van der Waals surface area contributed by atoms with Gasteiger partial charge in [-0.3, -0.25) is 9.59 Å². The lowest BCUT2D eigenvalue weighted by atomic mass is 10.0. The quantitative estimate of drug-likeness (QED) is 0.362. The van der Waals surface area contributed by atoms with Crippen LogP contribution in [-0.4, -0.2) is 68.2 Å². The van der Waals surface area contributed by atoms with Crippen molar-refractivity contribution >= 4 is 29.0 Å². The number of pyridine rings is 1. The summed E-state index contributed by atoms with van der Waals surface area (Å²) in [5.41, 5.74) is -0.963. The summed E-state index contributed by atoms with van der Waals surface area (Å²) in [5.74, 6) is -1.49. The number of halogens is 5. The van der Waals surface area contributed by atoms with Gasteiger partial charge in [-0.05, 0) is 57.4 Å². The highest BCUT2D eigenvalue weighted by atomic mass is 32.1. The van der Waals surface area contributed by atoms with Crippen molar-refractivity contribution in [3.63, 3.8) is 0 Å². The number of aliphatic hydroxyl groups is 1. The van der Waals surface area contributed by atoms with Gasteiger partial charge in [0.25, 0.3) is 18.2 Å². The van der Waals surface area contributed by atoms with E-state index in [1.165, 1.54) is 6.92 Å². The normalized spacial score (nSPS) is 25.1. The van der Waals surface area contributed by atoms with Gasteiger partial charge in [0, 0.05) is 29.4 Å². The molecule has 14 heteroatoms. The van der Waals surface area contributed by atoms with E-state index in [9.17, 15) is 36.6 Å². The number of fused-ring (bicyclic) bond motifs is 2. The number of aromatic nitrogens is 2. The zero-order chi connectivity index (χ0) is 28.8. The van der Waals surface area contributed by atoms with Gasteiger partial charge < -0.3 is 20.6 Å².